The molecule has 6 heteroatoms. The van der Waals surface area contributed by atoms with Crippen LogP contribution >= 0.6 is 23.1 Å². The standard InChI is InChI=1S/C18H20FNO2S2/c19-16-7-1-2-8-17(16)24-13-18(21)20(11-14-5-3-9-22-14)12-15-6-4-10-23-15/h1-2,4,6-8,10,14H,3,5,9,11-13H2. The number of amides is 1. The molecule has 0 bridgehead atoms. The summed E-state index contributed by atoms with van der Waals surface area (Å²) in [4.78, 5) is 16.2. The third kappa shape index (κ3) is 4.82. The number of hydrogen-bond acceptors (Lipinski definition) is 4. The van der Waals surface area contributed by atoms with Crippen molar-refractivity contribution in [3.05, 3.63) is 52.5 Å². The van der Waals surface area contributed by atoms with Gasteiger partial charge < -0.3 is 9.64 Å². The van der Waals surface area contributed by atoms with Crippen molar-refractivity contribution in [1.82, 2.24) is 4.90 Å². The van der Waals surface area contributed by atoms with Crippen LogP contribution in [0.15, 0.2) is 46.7 Å². The molecule has 0 aliphatic carbocycles. The SMILES string of the molecule is O=C(CSc1ccccc1F)N(Cc1cccs1)CC1CCCO1. The molecule has 24 heavy (non-hydrogen) atoms. The lowest BCUT2D eigenvalue weighted by molar-refractivity contribution is -0.130. The molecule has 3 rings (SSSR count). The molecule has 1 aliphatic rings. The predicted molar refractivity (Wildman–Crippen MR) is 95.8 cm³/mol. The lowest BCUT2D eigenvalue weighted by Gasteiger charge is -2.25. The lowest BCUT2D eigenvalue weighted by Crippen LogP contribution is -2.37. The van der Waals surface area contributed by atoms with Gasteiger partial charge in [0.1, 0.15) is 5.82 Å². The van der Waals surface area contributed by atoms with Crippen molar-refractivity contribution in [3.63, 3.8) is 0 Å². The minimum Gasteiger partial charge on any atom is -0.376 e. The maximum atomic E-state index is 13.7. The van der Waals surface area contributed by atoms with Crippen molar-refractivity contribution in [1.29, 1.82) is 0 Å². The number of halogens is 1. The largest absolute Gasteiger partial charge is 0.376 e. The summed E-state index contributed by atoms with van der Waals surface area (Å²) in [6.45, 7) is 1.97. The van der Waals surface area contributed by atoms with Crippen LogP contribution in [0, 0.1) is 5.82 Å². The quantitative estimate of drug-likeness (QED) is 0.689. The Morgan fingerprint density at radius 1 is 1.33 bits per heavy atom. The topological polar surface area (TPSA) is 29.5 Å². The minimum atomic E-state index is -0.278. The highest BCUT2D eigenvalue weighted by Gasteiger charge is 2.23. The number of benzene rings is 1. The van der Waals surface area contributed by atoms with Crippen molar-refractivity contribution in [3.8, 4) is 0 Å². The number of carbonyl (C=O) groups excluding carboxylic acids is 1. The second kappa shape index (κ2) is 8.65. The smallest absolute Gasteiger partial charge is 0.233 e. The highest BCUT2D eigenvalue weighted by atomic mass is 32.2. The van der Waals surface area contributed by atoms with Crippen LogP contribution in [0.4, 0.5) is 4.39 Å². The van der Waals surface area contributed by atoms with E-state index in [1.807, 2.05) is 22.4 Å². The van der Waals surface area contributed by atoms with Gasteiger partial charge in [-0.3, -0.25) is 4.79 Å². The van der Waals surface area contributed by atoms with Crippen LogP contribution in [0.5, 0.6) is 0 Å². The first-order valence-corrected chi connectivity index (χ1v) is 9.88. The van der Waals surface area contributed by atoms with Crippen molar-refractivity contribution < 1.29 is 13.9 Å². The van der Waals surface area contributed by atoms with Crippen LogP contribution in [0.2, 0.25) is 0 Å². The molecule has 1 aromatic heterocycles. The van der Waals surface area contributed by atoms with Gasteiger partial charge in [0.05, 0.1) is 18.4 Å². The summed E-state index contributed by atoms with van der Waals surface area (Å²) >= 11 is 2.89. The summed E-state index contributed by atoms with van der Waals surface area (Å²) in [7, 11) is 0. The van der Waals surface area contributed by atoms with Crippen molar-refractivity contribution in [2.75, 3.05) is 18.9 Å². The molecule has 3 nitrogen and oxygen atoms in total. The number of hydrogen-bond donors (Lipinski definition) is 0. The molecule has 1 aliphatic heterocycles. The number of thiophene rings is 1. The van der Waals surface area contributed by atoms with Gasteiger partial charge in [-0.25, -0.2) is 4.39 Å². The van der Waals surface area contributed by atoms with E-state index in [4.69, 9.17) is 4.74 Å². The molecule has 0 radical (unpaired) electrons. The van der Waals surface area contributed by atoms with E-state index in [1.54, 1.807) is 29.5 Å². The van der Waals surface area contributed by atoms with Crippen LogP contribution in [0.25, 0.3) is 0 Å². The number of rotatable bonds is 7. The Hall–Kier alpha value is -1.37. The summed E-state index contributed by atoms with van der Waals surface area (Å²) in [6, 6.07) is 10.6. The Morgan fingerprint density at radius 3 is 2.92 bits per heavy atom. The van der Waals surface area contributed by atoms with Crippen LogP contribution in [-0.2, 0) is 16.1 Å². The van der Waals surface area contributed by atoms with Gasteiger partial charge in [0, 0.05) is 22.9 Å². The van der Waals surface area contributed by atoms with Crippen LogP contribution < -0.4 is 0 Å². The highest BCUT2D eigenvalue weighted by molar-refractivity contribution is 8.00. The van der Waals surface area contributed by atoms with Gasteiger partial charge in [-0.15, -0.1) is 23.1 Å². The van der Waals surface area contributed by atoms with Crippen LogP contribution in [0.1, 0.15) is 17.7 Å². The van der Waals surface area contributed by atoms with Gasteiger partial charge in [-0.1, -0.05) is 18.2 Å². The molecular formula is C18H20FNO2S2. The van der Waals surface area contributed by atoms with E-state index in [-0.39, 0.29) is 23.6 Å². The summed E-state index contributed by atoms with van der Waals surface area (Å²) < 4.78 is 19.4. The van der Waals surface area contributed by atoms with E-state index < -0.39 is 0 Å². The zero-order valence-electron chi connectivity index (χ0n) is 13.3. The minimum absolute atomic E-state index is 0.0205. The molecule has 1 saturated heterocycles. The van der Waals surface area contributed by atoms with Gasteiger partial charge in [-0.2, -0.15) is 0 Å². The molecule has 2 heterocycles. The van der Waals surface area contributed by atoms with E-state index in [9.17, 15) is 9.18 Å². The first kappa shape index (κ1) is 17.5. The molecule has 1 aromatic carbocycles. The van der Waals surface area contributed by atoms with Crippen molar-refractivity contribution in [2.45, 2.75) is 30.4 Å². The first-order valence-electron chi connectivity index (χ1n) is 8.01. The summed E-state index contributed by atoms with van der Waals surface area (Å²) in [5.41, 5.74) is 0. The predicted octanol–water partition coefficient (Wildman–Crippen LogP) is 4.19. The number of thioether (sulfide) groups is 1. The van der Waals surface area contributed by atoms with E-state index in [0.717, 1.165) is 24.3 Å². The molecule has 1 amide bonds. The molecule has 0 spiro atoms. The molecule has 1 fully saturated rings. The second-order valence-corrected chi connectivity index (χ2v) is 7.76. The molecule has 1 atom stereocenters. The fourth-order valence-electron chi connectivity index (χ4n) is 2.67. The van der Waals surface area contributed by atoms with Crippen LogP contribution in [0.3, 0.4) is 0 Å². The summed E-state index contributed by atoms with van der Waals surface area (Å²) in [6.07, 6.45) is 2.16. The van der Waals surface area contributed by atoms with Crippen molar-refractivity contribution >= 4 is 29.0 Å². The Balaban J connectivity index is 1.62. The highest BCUT2D eigenvalue weighted by Crippen LogP contribution is 2.23. The number of nitrogens with zero attached hydrogens (tertiary/aromatic N) is 1. The monoisotopic (exact) mass is 365 g/mol. The zero-order chi connectivity index (χ0) is 16.8. The van der Waals surface area contributed by atoms with Gasteiger partial charge in [-0.05, 0) is 36.4 Å². The summed E-state index contributed by atoms with van der Waals surface area (Å²) in [5, 5.41) is 2.01. The fraction of sp³-hybridized carbons (Fsp3) is 0.389. The van der Waals surface area contributed by atoms with Gasteiger partial charge in [0.2, 0.25) is 5.91 Å². The second-order valence-electron chi connectivity index (χ2n) is 5.71. The number of ether oxygens (including phenoxy) is 1. The molecule has 128 valence electrons. The average molecular weight is 365 g/mol. The Morgan fingerprint density at radius 2 is 2.21 bits per heavy atom. The van der Waals surface area contributed by atoms with E-state index in [1.165, 1.54) is 17.8 Å². The molecule has 0 saturated carbocycles. The number of carbonyl (C=O) groups is 1. The van der Waals surface area contributed by atoms with Gasteiger partial charge in [0.15, 0.2) is 0 Å². The molecule has 0 N–H and O–H groups in total. The van der Waals surface area contributed by atoms with Crippen molar-refractivity contribution in [2.24, 2.45) is 0 Å². The van der Waals surface area contributed by atoms with E-state index in [2.05, 4.69) is 0 Å². The zero-order valence-corrected chi connectivity index (χ0v) is 15.0. The lowest BCUT2D eigenvalue weighted by atomic mass is 10.2. The molecule has 2 aromatic rings. The Labute approximate surface area is 149 Å². The van der Waals surface area contributed by atoms with Gasteiger partial charge in [0.25, 0.3) is 0 Å². The average Bonchev–Trinajstić information content (AvgIpc) is 3.27. The van der Waals surface area contributed by atoms with Crippen LogP contribution in [-0.4, -0.2) is 35.8 Å². The Bertz CT molecular complexity index is 657. The molecular weight excluding hydrogens is 345 g/mol. The summed E-state index contributed by atoms with van der Waals surface area (Å²) in [5.74, 6) is -0.0228. The fourth-order valence-corrected chi connectivity index (χ4v) is 4.23. The van der Waals surface area contributed by atoms with E-state index >= 15 is 0 Å². The Kier molecular flexibility index (Phi) is 6.29. The third-order valence-electron chi connectivity index (χ3n) is 3.92. The maximum absolute atomic E-state index is 13.7. The molecule has 1 unspecified atom stereocenters. The van der Waals surface area contributed by atoms with Gasteiger partial charge >= 0.3 is 0 Å². The third-order valence-corrected chi connectivity index (χ3v) is 5.81. The maximum Gasteiger partial charge on any atom is 0.233 e. The van der Waals surface area contributed by atoms with E-state index in [0.29, 0.717) is 18.0 Å². The normalized spacial score (nSPS) is 17.1. The first-order chi connectivity index (χ1) is 11.7.